The van der Waals surface area contributed by atoms with Crippen molar-refractivity contribution in [3.8, 4) is 0 Å². The van der Waals surface area contributed by atoms with Crippen molar-refractivity contribution in [2.45, 2.75) is 70.8 Å². The van der Waals surface area contributed by atoms with Crippen LogP contribution in [-0.2, 0) is 16.8 Å². The molecule has 2 rings (SSSR count). The lowest BCUT2D eigenvalue weighted by atomic mass is 9.78. The summed E-state index contributed by atoms with van der Waals surface area (Å²) in [6, 6.07) is 0. The van der Waals surface area contributed by atoms with Gasteiger partial charge in [-0.1, -0.05) is 24.9 Å². The van der Waals surface area contributed by atoms with Gasteiger partial charge < -0.3 is 15.0 Å². The Morgan fingerprint density at radius 2 is 2.24 bits per heavy atom. The summed E-state index contributed by atoms with van der Waals surface area (Å²) in [5.41, 5.74) is 5.18. The minimum absolute atomic E-state index is 0.328. The van der Waals surface area contributed by atoms with Gasteiger partial charge in [-0.25, -0.2) is 0 Å². The number of ether oxygens (including phenoxy) is 1. The standard InChI is InChI=1S/C16H29N3O2/c1-3-20-16(10-7-8-13(2)12-16)15-18-14(21-19-15)9-5-4-6-11-17/h13H,3-12,17H2,1-2H3. The van der Waals surface area contributed by atoms with E-state index in [9.17, 15) is 0 Å². The molecule has 1 aliphatic rings. The second kappa shape index (κ2) is 7.90. The van der Waals surface area contributed by atoms with E-state index in [4.69, 9.17) is 15.0 Å². The highest BCUT2D eigenvalue weighted by Gasteiger charge is 2.41. The molecule has 0 aliphatic heterocycles. The van der Waals surface area contributed by atoms with Crippen LogP contribution >= 0.6 is 0 Å². The maximum absolute atomic E-state index is 6.08. The highest BCUT2D eigenvalue weighted by molar-refractivity contribution is 5.04. The summed E-state index contributed by atoms with van der Waals surface area (Å²) in [5, 5.41) is 4.23. The summed E-state index contributed by atoms with van der Waals surface area (Å²) >= 11 is 0. The van der Waals surface area contributed by atoms with Crippen LogP contribution in [0.1, 0.15) is 70.5 Å². The highest BCUT2D eigenvalue weighted by atomic mass is 16.5. The van der Waals surface area contributed by atoms with E-state index in [2.05, 4.69) is 17.1 Å². The second-order valence-electron chi connectivity index (χ2n) is 6.24. The maximum atomic E-state index is 6.08. The van der Waals surface area contributed by atoms with Crippen molar-refractivity contribution < 1.29 is 9.26 Å². The molecule has 2 atom stereocenters. The Labute approximate surface area is 127 Å². The third-order valence-corrected chi connectivity index (χ3v) is 4.35. The molecule has 0 radical (unpaired) electrons. The van der Waals surface area contributed by atoms with Crippen LogP contribution in [0.15, 0.2) is 4.52 Å². The summed E-state index contributed by atoms with van der Waals surface area (Å²) in [4.78, 5) is 4.62. The van der Waals surface area contributed by atoms with Crippen LogP contribution in [0.4, 0.5) is 0 Å². The number of rotatable bonds is 8. The fourth-order valence-electron chi connectivity index (χ4n) is 3.32. The van der Waals surface area contributed by atoms with Crippen LogP contribution in [-0.4, -0.2) is 23.3 Å². The van der Waals surface area contributed by atoms with Crippen LogP contribution in [0, 0.1) is 5.92 Å². The van der Waals surface area contributed by atoms with E-state index in [0.29, 0.717) is 12.5 Å². The lowest BCUT2D eigenvalue weighted by Crippen LogP contribution is -2.36. The first kappa shape index (κ1) is 16.4. The maximum Gasteiger partial charge on any atom is 0.226 e. The summed E-state index contributed by atoms with van der Waals surface area (Å²) in [6.45, 7) is 5.75. The van der Waals surface area contributed by atoms with Crippen molar-refractivity contribution in [1.82, 2.24) is 10.1 Å². The zero-order valence-electron chi connectivity index (χ0n) is 13.4. The highest BCUT2D eigenvalue weighted by Crippen LogP contribution is 2.41. The summed E-state index contributed by atoms with van der Waals surface area (Å²) in [6.07, 6.45) is 8.48. The Morgan fingerprint density at radius 3 is 2.95 bits per heavy atom. The molecule has 5 heteroatoms. The Balaban J connectivity index is 2.02. The van der Waals surface area contributed by atoms with E-state index in [1.165, 1.54) is 12.8 Å². The molecule has 0 amide bonds. The number of nitrogens with zero attached hydrogens (tertiary/aromatic N) is 2. The molecule has 0 saturated heterocycles. The van der Waals surface area contributed by atoms with E-state index in [1.54, 1.807) is 0 Å². The second-order valence-corrected chi connectivity index (χ2v) is 6.24. The molecule has 0 spiro atoms. The fourth-order valence-corrected chi connectivity index (χ4v) is 3.32. The fraction of sp³-hybridized carbons (Fsp3) is 0.875. The average molecular weight is 295 g/mol. The van der Waals surface area contributed by atoms with E-state index in [0.717, 1.165) is 56.8 Å². The molecule has 1 aromatic heterocycles. The summed E-state index contributed by atoms with van der Waals surface area (Å²) in [7, 11) is 0. The molecule has 1 heterocycles. The van der Waals surface area contributed by atoms with Gasteiger partial charge in [-0.2, -0.15) is 4.98 Å². The zero-order chi connectivity index (χ0) is 15.1. The molecule has 0 bridgehead atoms. The zero-order valence-corrected chi connectivity index (χ0v) is 13.4. The van der Waals surface area contributed by atoms with Gasteiger partial charge >= 0.3 is 0 Å². The first-order valence-corrected chi connectivity index (χ1v) is 8.37. The third kappa shape index (κ3) is 4.27. The molecular weight excluding hydrogens is 266 g/mol. The number of aromatic nitrogens is 2. The topological polar surface area (TPSA) is 74.2 Å². The van der Waals surface area contributed by atoms with E-state index >= 15 is 0 Å². The molecule has 0 aromatic carbocycles. The Hall–Kier alpha value is -0.940. The van der Waals surface area contributed by atoms with Gasteiger partial charge in [0, 0.05) is 13.0 Å². The number of hydrogen-bond acceptors (Lipinski definition) is 5. The molecule has 1 fully saturated rings. The van der Waals surface area contributed by atoms with Gasteiger partial charge in [0.1, 0.15) is 5.60 Å². The van der Waals surface area contributed by atoms with Crippen LogP contribution in [0.2, 0.25) is 0 Å². The number of hydrogen-bond donors (Lipinski definition) is 1. The molecular formula is C16H29N3O2. The largest absolute Gasteiger partial charge is 0.367 e. The van der Waals surface area contributed by atoms with E-state index in [-0.39, 0.29) is 5.60 Å². The Kier molecular flexibility index (Phi) is 6.18. The summed E-state index contributed by atoms with van der Waals surface area (Å²) in [5.74, 6) is 2.14. The number of unbranched alkanes of at least 4 members (excludes halogenated alkanes) is 2. The number of nitrogens with two attached hydrogens (primary N) is 1. The quantitative estimate of drug-likeness (QED) is 0.746. The van der Waals surface area contributed by atoms with Gasteiger partial charge in [0.2, 0.25) is 11.7 Å². The molecule has 21 heavy (non-hydrogen) atoms. The predicted octanol–water partition coefficient (Wildman–Crippen LogP) is 3.18. The van der Waals surface area contributed by atoms with Gasteiger partial charge in [-0.3, -0.25) is 0 Å². The van der Waals surface area contributed by atoms with Crippen LogP contribution in [0.3, 0.4) is 0 Å². The van der Waals surface area contributed by atoms with E-state index in [1.807, 2.05) is 6.92 Å². The van der Waals surface area contributed by atoms with Crippen molar-refractivity contribution >= 4 is 0 Å². The normalized spacial score (nSPS) is 26.1. The molecule has 120 valence electrons. The molecule has 1 saturated carbocycles. The van der Waals surface area contributed by atoms with Gasteiger partial charge in [-0.05, 0) is 51.5 Å². The average Bonchev–Trinajstić information content (AvgIpc) is 2.93. The van der Waals surface area contributed by atoms with Crippen molar-refractivity contribution in [2.24, 2.45) is 11.7 Å². The van der Waals surface area contributed by atoms with Crippen molar-refractivity contribution in [3.05, 3.63) is 11.7 Å². The van der Waals surface area contributed by atoms with Crippen molar-refractivity contribution in [3.63, 3.8) is 0 Å². The smallest absolute Gasteiger partial charge is 0.226 e. The Bertz CT molecular complexity index is 417. The molecule has 2 unspecified atom stereocenters. The van der Waals surface area contributed by atoms with Gasteiger partial charge in [-0.15, -0.1) is 0 Å². The SMILES string of the molecule is CCOC1(c2noc(CCCCCN)n2)CCCC(C)C1. The molecule has 1 aromatic rings. The first-order valence-electron chi connectivity index (χ1n) is 8.37. The Morgan fingerprint density at radius 1 is 1.38 bits per heavy atom. The van der Waals surface area contributed by atoms with Crippen LogP contribution < -0.4 is 5.73 Å². The van der Waals surface area contributed by atoms with Gasteiger partial charge in [0.25, 0.3) is 0 Å². The van der Waals surface area contributed by atoms with Crippen LogP contribution in [0.25, 0.3) is 0 Å². The molecule has 2 N–H and O–H groups in total. The van der Waals surface area contributed by atoms with Crippen molar-refractivity contribution in [1.29, 1.82) is 0 Å². The van der Waals surface area contributed by atoms with Gasteiger partial charge in [0.15, 0.2) is 0 Å². The minimum atomic E-state index is -0.328. The lowest BCUT2D eigenvalue weighted by molar-refractivity contribution is -0.0891. The molecule has 1 aliphatic carbocycles. The number of aryl methyl sites for hydroxylation is 1. The van der Waals surface area contributed by atoms with Crippen molar-refractivity contribution in [2.75, 3.05) is 13.2 Å². The predicted molar refractivity (Wildman–Crippen MR) is 81.8 cm³/mol. The summed E-state index contributed by atoms with van der Waals surface area (Å²) < 4.78 is 11.5. The minimum Gasteiger partial charge on any atom is -0.367 e. The first-order chi connectivity index (χ1) is 10.2. The molecule has 5 nitrogen and oxygen atoms in total. The third-order valence-electron chi connectivity index (χ3n) is 4.35. The van der Waals surface area contributed by atoms with E-state index < -0.39 is 0 Å². The monoisotopic (exact) mass is 295 g/mol. The van der Waals surface area contributed by atoms with Gasteiger partial charge in [0.05, 0.1) is 0 Å². The lowest BCUT2D eigenvalue weighted by Gasteiger charge is -2.37. The van der Waals surface area contributed by atoms with Crippen LogP contribution in [0.5, 0.6) is 0 Å².